The van der Waals surface area contributed by atoms with E-state index in [1.165, 1.54) is 25.1 Å². The lowest BCUT2D eigenvalue weighted by molar-refractivity contribution is -0.123. The Bertz CT molecular complexity index is 781. The number of carbonyl (C=O) groups excluding carboxylic acids is 2. The van der Waals surface area contributed by atoms with Gasteiger partial charge in [0.25, 0.3) is 5.91 Å². The molecule has 0 radical (unpaired) electrons. The second-order valence-electron chi connectivity index (χ2n) is 4.76. The van der Waals surface area contributed by atoms with Crippen LogP contribution in [0.3, 0.4) is 0 Å². The minimum Gasteiger partial charge on any atom is -0.449 e. The van der Waals surface area contributed by atoms with Gasteiger partial charge in [0.1, 0.15) is 17.3 Å². The molecule has 1 atom stereocenters. The summed E-state index contributed by atoms with van der Waals surface area (Å²) < 4.78 is 32.6. The van der Waals surface area contributed by atoms with Crippen LogP contribution >= 0.6 is 27.5 Å². The summed E-state index contributed by atoms with van der Waals surface area (Å²) >= 11 is 9.09. The lowest BCUT2D eigenvalue weighted by Gasteiger charge is -2.15. The van der Waals surface area contributed by atoms with Gasteiger partial charge in [-0.25, -0.2) is 13.6 Å². The van der Waals surface area contributed by atoms with Crippen LogP contribution in [0.1, 0.15) is 17.3 Å². The number of rotatable bonds is 4. The van der Waals surface area contributed by atoms with Gasteiger partial charge in [0, 0.05) is 4.47 Å². The van der Waals surface area contributed by atoms with E-state index in [4.69, 9.17) is 16.3 Å². The number of amides is 1. The number of anilines is 1. The van der Waals surface area contributed by atoms with Crippen molar-refractivity contribution < 1.29 is 23.1 Å². The van der Waals surface area contributed by atoms with Crippen LogP contribution < -0.4 is 5.32 Å². The average molecular weight is 419 g/mol. The first kappa shape index (κ1) is 18.4. The van der Waals surface area contributed by atoms with Gasteiger partial charge in [-0.2, -0.15) is 0 Å². The number of hydrogen-bond acceptors (Lipinski definition) is 3. The van der Waals surface area contributed by atoms with Crippen LogP contribution in [0.15, 0.2) is 40.9 Å². The van der Waals surface area contributed by atoms with Crippen LogP contribution in [0, 0.1) is 11.6 Å². The molecule has 1 N–H and O–H groups in total. The van der Waals surface area contributed by atoms with Crippen LogP contribution in [0.25, 0.3) is 0 Å². The molecule has 4 nitrogen and oxygen atoms in total. The van der Waals surface area contributed by atoms with E-state index in [1.54, 1.807) is 6.07 Å². The molecular weight excluding hydrogens is 408 g/mol. The summed E-state index contributed by atoms with van der Waals surface area (Å²) in [5.74, 6) is -3.58. The third-order valence-corrected chi connectivity index (χ3v) is 3.84. The van der Waals surface area contributed by atoms with Crippen LogP contribution in [0.5, 0.6) is 0 Å². The van der Waals surface area contributed by atoms with E-state index in [0.717, 1.165) is 12.1 Å². The van der Waals surface area contributed by atoms with Crippen molar-refractivity contribution in [1.82, 2.24) is 0 Å². The highest BCUT2D eigenvalue weighted by atomic mass is 79.9. The summed E-state index contributed by atoms with van der Waals surface area (Å²) in [6, 6.07) is 7.72. The number of benzene rings is 2. The summed E-state index contributed by atoms with van der Waals surface area (Å²) in [5, 5.41) is 2.20. The number of ether oxygens (including phenoxy) is 1. The normalized spacial score (nSPS) is 11.7. The molecule has 0 fully saturated rings. The van der Waals surface area contributed by atoms with Crippen molar-refractivity contribution in [3.63, 3.8) is 0 Å². The van der Waals surface area contributed by atoms with Crippen molar-refractivity contribution in [3.05, 3.63) is 63.1 Å². The second-order valence-corrected chi connectivity index (χ2v) is 6.08. The summed E-state index contributed by atoms with van der Waals surface area (Å²) in [6.07, 6.45) is -1.29. The van der Waals surface area contributed by atoms with E-state index in [-0.39, 0.29) is 10.6 Å². The maximum atomic E-state index is 13.5. The molecule has 1 unspecified atom stereocenters. The van der Waals surface area contributed by atoms with Gasteiger partial charge < -0.3 is 10.1 Å². The van der Waals surface area contributed by atoms with Crippen molar-refractivity contribution in [2.45, 2.75) is 13.0 Å². The van der Waals surface area contributed by atoms with Crippen molar-refractivity contribution in [1.29, 1.82) is 0 Å². The van der Waals surface area contributed by atoms with E-state index in [1.807, 2.05) is 0 Å². The summed E-state index contributed by atoms with van der Waals surface area (Å²) in [5.41, 5.74) is -0.548. The lowest BCUT2D eigenvalue weighted by Crippen LogP contribution is -2.30. The minimum atomic E-state index is -1.29. The number of esters is 1. The highest BCUT2D eigenvalue weighted by molar-refractivity contribution is 9.10. The highest BCUT2D eigenvalue weighted by Crippen LogP contribution is 2.23. The van der Waals surface area contributed by atoms with E-state index >= 15 is 0 Å². The summed E-state index contributed by atoms with van der Waals surface area (Å²) in [6.45, 7) is 1.28. The third-order valence-electron chi connectivity index (χ3n) is 3.01. The van der Waals surface area contributed by atoms with Gasteiger partial charge in [0.05, 0.1) is 10.6 Å². The molecule has 1 amide bonds. The molecule has 0 saturated carbocycles. The Kier molecular flexibility index (Phi) is 5.90. The zero-order valence-corrected chi connectivity index (χ0v) is 14.6. The van der Waals surface area contributed by atoms with Crippen LogP contribution in [-0.4, -0.2) is 18.0 Å². The molecule has 0 aromatic heterocycles. The highest BCUT2D eigenvalue weighted by Gasteiger charge is 2.22. The second kappa shape index (κ2) is 7.72. The first-order valence-corrected chi connectivity index (χ1v) is 7.87. The smallest absolute Gasteiger partial charge is 0.340 e. The van der Waals surface area contributed by atoms with Gasteiger partial charge in [-0.3, -0.25) is 4.79 Å². The van der Waals surface area contributed by atoms with E-state index in [9.17, 15) is 18.4 Å². The molecule has 0 bridgehead atoms. The average Bonchev–Trinajstić information content (AvgIpc) is 2.53. The van der Waals surface area contributed by atoms with Crippen LogP contribution in [-0.2, 0) is 9.53 Å². The molecule has 2 rings (SSSR count). The zero-order chi connectivity index (χ0) is 17.9. The predicted molar refractivity (Wildman–Crippen MR) is 89.0 cm³/mol. The number of hydrogen-bond donors (Lipinski definition) is 1. The quantitative estimate of drug-likeness (QED) is 0.740. The molecule has 2 aromatic rings. The maximum absolute atomic E-state index is 13.5. The fourth-order valence-electron chi connectivity index (χ4n) is 1.77. The number of halogens is 4. The Labute approximate surface area is 149 Å². The molecule has 0 aliphatic carbocycles. The van der Waals surface area contributed by atoms with Gasteiger partial charge in [-0.15, -0.1) is 0 Å². The lowest BCUT2D eigenvalue weighted by atomic mass is 10.2. The summed E-state index contributed by atoms with van der Waals surface area (Å²) in [7, 11) is 0. The molecule has 2 aromatic carbocycles. The monoisotopic (exact) mass is 417 g/mol. The Balaban J connectivity index is 2.09. The molecular formula is C16H11BrClF2NO3. The Hall–Kier alpha value is -1.99. The largest absolute Gasteiger partial charge is 0.449 e. The summed E-state index contributed by atoms with van der Waals surface area (Å²) in [4.78, 5) is 24.0. The van der Waals surface area contributed by atoms with Gasteiger partial charge in [0.15, 0.2) is 6.10 Å². The van der Waals surface area contributed by atoms with E-state index in [0.29, 0.717) is 4.47 Å². The minimum absolute atomic E-state index is 0.0581. The SMILES string of the molecule is CC(OC(=O)c1cc(Br)ccc1Cl)C(=O)Nc1c(F)cccc1F. The van der Waals surface area contributed by atoms with Crippen molar-refractivity contribution >= 4 is 45.1 Å². The van der Waals surface area contributed by atoms with Gasteiger partial charge in [-0.1, -0.05) is 33.6 Å². The van der Waals surface area contributed by atoms with Crippen molar-refractivity contribution in [3.8, 4) is 0 Å². The van der Waals surface area contributed by atoms with Crippen LogP contribution in [0.2, 0.25) is 5.02 Å². The Morgan fingerprint density at radius 2 is 1.83 bits per heavy atom. The Morgan fingerprint density at radius 1 is 1.21 bits per heavy atom. The maximum Gasteiger partial charge on any atom is 0.340 e. The molecule has 0 aliphatic rings. The first-order valence-electron chi connectivity index (χ1n) is 6.70. The van der Waals surface area contributed by atoms with E-state index in [2.05, 4.69) is 21.2 Å². The van der Waals surface area contributed by atoms with Gasteiger partial charge in [0.2, 0.25) is 0 Å². The molecule has 8 heteroatoms. The zero-order valence-electron chi connectivity index (χ0n) is 12.3. The van der Waals surface area contributed by atoms with Crippen LogP contribution in [0.4, 0.5) is 14.5 Å². The number of nitrogens with one attached hydrogen (secondary N) is 1. The molecule has 126 valence electrons. The predicted octanol–water partition coefficient (Wildman–Crippen LogP) is 4.56. The standard InChI is InChI=1S/C16H11BrClF2NO3/c1-8(15(22)21-14-12(19)3-2-4-13(14)20)24-16(23)10-7-9(17)5-6-11(10)18/h2-8H,1H3,(H,21,22). The van der Waals surface area contributed by atoms with Crippen molar-refractivity contribution in [2.24, 2.45) is 0 Å². The van der Waals surface area contributed by atoms with Gasteiger partial charge >= 0.3 is 5.97 Å². The molecule has 24 heavy (non-hydrogen) atoms. The molecule has 0 aliphatic heterocycles. The van der Waals surface area contributed by atoms with E-state index < -0.39 is 35.3 Å². The fraction of sp³-hybridized carbons (Fsp3) is 0.125. The molecule has 0 spiro atoms. The molecule has 0 saturated heterocycles. The number of carbonyl (C=O) groups is 2. The topological polar surface area (TPSA) is 55.4 Å². The Morgan fingerprint density at radius 3 is 2.46 bits per heavy atom. The molecule has 0 heterocycles. The third kappa shape index (κ3) is 4.30. The van der Waals surface area contributed by atoms with Crippen molar-refractivity contribution in [2.75, 3.05) is 5.32 Å². The number of para-hydroxylation sites is 1. The first-order chi connectivity index (χ1) is 11.3. The fourth-order valence-corrected chi connectivity index (χ4v) is 2.33. The van der Waals surface area contributed by atoms with Gasteiger partial charge in [-0.05, 0) is 37.3 Å².